The first-order valence-electron chi connectivity index (χ1n) is 4.26. The molecule has 0 amide bonds. The van der Waals surface area contributed by atoms with Crippen LogP contribution in [0, 0.1) is 11.8 Å². The molecule has 2 N–H and O–H groups in total. The highest BCUT2D eigenvalue weighted by Crippen LogP contribution is 2.37. The van der Waals surface area contributed by atoms with Crippen LogP contribution in [0.2, 0.25) is 0 Å². The Morgan fingerprint density at radius 3 is 3.10 bits per heavy atom. The van der Waals surface area contributed by atoms with Gasteiger partial charge < -0.3 is 10.4 Å². The van der Waals surface area contributed by atoms with Crippen molar-refractivity contribution in [2.75, 3.05) is 13.2 Å². The third kappa shape index (κ3) is 0.867. The standard InChI is InChI=1S/C8H15NO/c10-5-8-7-3-1-2-6(7)4-9-8/h6-10H,1-5H2/t6?,7-,8+/m0/s1. The minimum atomic E-state index is 0.334. The lowest BCUT2D eigenvalue weighted by atomic mass is 9.95. The number of aliphatic hydroxyl groups is 1. The van der Waals surface area contributed by atoms with Crippen molar-refractivity contribution in [1.82, 2.24) is 5.32 Å². The number of fused-ring (bicyclic) bond motifs is 1. The van der Waals surface area contributed by atoms with Crippen molar-refractivity contribution >= 4 is 0 Å². The Morgan fingerprint density at radius 2 is 2.30 bits per heavy atom. The Bertz CT molecular complexity index is 126. The Morgan fingerprint density at radius 1 is 1.40 bits per heavy atom. The minimum absolute atomic E-state index is 0.334. The molecule has 1 saturated heterocycles. The van der Waals surface area contributed by atoms with E-state index in [-0.39, 0.29) is 0 Å². The first-order valence-corrected chi connectivity index (χ1v) is 4.26. The summed E-state index contributed by atoms with van der Waals surface area (Å²) in [7, 11) is 0. The SMILES string of the molecule is OC[C@H]1NCC2CCC[C@@H]21. The molecule has 2 heteroatoms. The summed E-state index contributed by atoms with van der Waals surface area (Å²) < 4.78 is 0. The van der Waals surface area contributed by atoms with Gasteiger partial charge in [-0.25, -0.2) is 0 Å². The molecule has 2 nitrogen and oxygen atoms in total. The van der Waals surface area contributed by atoms with E-state index in [2.05, 4.69) is 5.32 Å². The molecule has 0 bridgehead atoms. The highest BCUT2D eigenvalue weighted by atomic mass is 16.3. The maximum atomic E-state index is 8.95. The van der Waals surface area contributed by atoms with Crippen LogP contribution >= 0.6 is 0 Å². The molecule has 2 rings (SSSR count). The summed E-state index contributed by atoms with van der Waals surface area (Å²) in [6.45, 7) is 1.48. The first kappa shape index (κ1) is 6.62. The molecular formula is C8H15NO. The van der Waals surface area contributed by atoms with Crippen molar-refractivity contribution in [3.8, 4) is 0 Å². The van der Waals surface area contributed by atoms with Gasteiger partial charge in [-0.3, -0.25) is 0 Å². The van der Waals surface area contributed by atoms with Gasteiger partial charge >= 0.3 is 0 Å². The average Bonchev–Trinajstić information content (AvgIpc) is 2.44. The molecule has 1 aliphatic heterocycles. The monoisotopic (exact) mass is 141 g/mol. The van der Waals surface area contributed by atoms with Gasteiger partial charge in [0.1, 0.15) is 0 Å². The lowest BCUT2D eigenvalue weighted by Crippen LogP contribution is -2.30. The normalized spacial score (nSPS) is 45.9. The fourth-order valence-electron chi connectivity index (χ4n) is 2.50. The minimum Gasteiger partial charge on any atom is -0.395 e. The second kappa shape index (κ2) is 2.51. The molecule has 0 spiro atoms. The van der Waals surface area contributed by atoms with Crippen LogP contribution in [0.1, 0.15) is 19.3 Å². The summed E-state index contributed by atoms with van der Waals surface area (Å²) in [6.07, 6.45) is 4.10. The molecule has 3 atom stereocenters. The number of rotatable bonds is 1. The maximum absolute atomic E-state index is 8.95. The van der Waals surface area contributed by atoms with Crippen molar-refractivity contribution in [1.29, 1.82) is 0 Å². The summed E-state index contributed by atoms with van der Waals surface area (Å²) in [4.78, 5) is 0. The van der Waals surface area contributed by atoms with Gasteiger partial charge in [0.05, 0.1) is 6.61 Å². The van der Waals surface area contributed by atoms with E-state index in [0.29, 0.717) is 12.6 Å². The van der Waals surface area contributed by atoms with Crippen LogP contribution in [0.3, 0.4) is 0 Å². The van der Waals surface area contributed by atoms with E-state index in [0.717, 1.165) is 18.4 Å². The number of nitrogens with one attached hydrogen (secondary N) is 1. The van der Waals surface area contributed by atoms with Gasteiger partial charge in [0.25, 0.3) is 0 Å². The van der Waals surface area contributed by atoms with E-state index in [1.165, 1.54) is 19.3 Å². The zero-order chi connectivity index (χ0) is 6.97. The van der Waals surface area contributed by atoms with Crippen molar-refractivity contribution < 1.29 is 5.11 Å². The molecule has 58 valence electrons. The van der Waals surface area contributed by atoms with Gasteiger partial charge in [-0.1, -0.05) is 6.42 Å². The summed E-state index contributed by atoms with van der Waals surface area (Å²) in [5.74, 6) is 1.68. The van der Waals surface area contributed by atoms with Crippen LogP contribution in [0.5, 0.6) is 0 Å². The molecule has 10 heavy (non-hydrogen) atoms. The second-order valence-corrected chi connectivity index (χ2v) is 3.55. The molecule has 1 saturated carbocycles. The van der Waals surface area contributed by atoms with Crippen LogP contribution in [-0.2, 0) is 0 Å². The molecule has 1 aliphatic carbocycles. The molecule has 0 aromatic rings. The highest BCUT2D eigenvalue weighted by molar-refractivity contribution is 4.93. The maximum Gasteiger partial charge on any atom is 0.0587 e. The summed E-state index contributed by atoms with van der Waals surface area (Å²) in [5, 5.41) is 12.3. The van der Waals surface area contributed by atoms with Crippen molar-refractivity contribution in [3.05, 3.63) is 0 Å². The zero-order valence-electron chi connectivity index (χ0n) is 6.21. The van der Waals surface area contributed by atoms with Crippen LogP contribution in [0.4, 0.5) is 0 Å². The van der Waals surface area contributed by atoms with Gasteiger partial charge in [0, 0.05) is 6.04 Å². The predicted octanol–water partition coefficient (Wildman–Crippen LogP) is 0.367. The van der Waals surface area contributed by atoms with E-state index >= 15 is 0 Å². The first-order chi connectivity index (χ1) is 4.92. The molecule has 0 radical (unpaired) electrons. The summed E-state index contributed by atoms with van der Waals surface area (Å²) in [5.41, 5.74) is 0. The molecular weight excluding hydrogens is 126 g/mol. The quantitative estimate of drug-likeness (QED) is 0.553. The van der Waals surface area contributed by atoms with Crippen LogP contribution in [0.15, 0.2) is 0 Å². The average molecular weight is 141 g/mol. The smallest absolute Gasteiger partial charge is 0.0587 e. The van der Waals surface area contributed by atoms with Gasteiger partial charge in [0.15, 0.2) is 0 Å². The van der Waals surface area contributed by atoms with Crippen LogP contribution in [-0.4, -0.2) is 24.3 Å². The van der Waals surface area contributed by atoms with E-state index in [1.807, 2.05) is 0 Å². The Kier molecular flexibility index (Phi) is 1.66. The topological polar surface area (TPSA) is 32.3 Å². The second-order valence-electron chi connectivity index (χ2n) is 3.55. The number of hydrogen-bond acceptors (Lipinski definition) is 2. The Balaban J connectivity index is 2.01. The van der Waals surface area contributed by atoms with Gasteiger partial charge in [-0.05, 0) is 31.2 Å². The van der Waals surface area contributed by atoms with E-state index in [4.69, 9.17) is 5.11 Å². The number of hydrogen-bond donors (Lipinski definition) is 2. The third-order valence-corrected chi connectivity index (χ3v) is 3.07. The van der Waals surface area contributed by atoms with E-state index < -0.39 is 0 Å². The van der Waals surface area contributed by atoms with Gasteiger partial charge in [0.2, 0.25) is 0 Å². The fourth-order valence-corrected chi connectivity index (χ4v) is 2.50. The van der Waals surface area contributed by atoms with Crippen molar-refractivity contribution in [2.24, 2.45) is 11.8 Å². The molecule has 0 aromatic carbocycles. The number of aliphatic hydroxyl groups excluding tert-OH is 1. The lowest BCUT2D eigenvalue weighted by molar-refractivity contribution is 0.222. The highest BCUT2D eigenvalue weighted by Gasteiger charge is 2.38. The van der Waals surface area contributed by atoms with Crippen LogP contribution in [0.25, 0.3) is 0 Å². The molecule has 2 fully saturated rings. The fraction of sp³-hybridized carbons (Fsp3) is 1.00. The molecule has 1 heterocycles. The zero-order valence-corrected chi connectivity index (χ0v) is 6.21. The Hall–Kier alpha value is -0.0800. The molecule has 0 aromatic heterocycles. The summed E-state index contributed by atoms with van der Waals surface area (Å²) >= 11 is 0. The molecule has 1 unspecified atom stereocenters. The van der Waals surface area contributed by atoms with Gasteiger partial charge in [-0.15, -0.1) is 0 Å². The third-order valence-electron chi connectivity index (χ3n) is 3.07. The van der Waals surface area contributed by atoms with E-state index in [1.54, 1.807) is 0 Å². The van der Waals surface area contributed by atoms with Crippen LogP contribution < -0.4 is 5.32 Å². The van der Waals surface area contributed by atoms with Crippen molar-refractivity contribution in [2.45, 2.75) is 25.3 Å². The lowest BCUT2D eigenvalue weighted by Gasteiger charge is -2.14. The predicted molar refractivity (Wildman–Crippen MR) is 39.7 cm³/mol. The molecule has 2 aliphatic rings. The van der Waals surface area contributed by atoms with Crippen molar-refractivity contribution in [3.63, 3.8) is 0 Å². The largest absolute Gasteiger partial charge is 0.395 e. The van der Waals surface area contributed by atoms with Gasteiger partial charge in [-0.2, -0.15) is 0 Å². The summed E-state index contributed by atoms with van der Waals surface area (Å²) in [6, 6.07) is 0.424. The van der Waals surface area contributed by atoms with E-state index in [9.17, 15) is 0 Å². The Labute approximate surface area is 61.6 Å².